The molecular weight excluding hydrogens is 449 g/mol. The summed E-state index contributed by atoms with van der Waals surface area (Å²) in [6, 6.07) is 8.54. The maximum Gasteiger partial charge on any atom is 0.191 e. The van der Waals surface area contributed by atoms with Crippen molar-refractivity contribution >= 4 is 39.8 Å². The Balaban J connectivity index is 0.00000576. The van der Waals surface area contributed by atoms with E-state index in [-0.39, 0.29) is 29.7 Å². The number of sulfone groups is 1. The molecule has 0 aliphatic rings. The van der Waals surface area contributed by atoms with Crippen LogP contribution in [0.15, 0.2) is 40.2 Å². The zero-order valence-electron chi connectivity index (χ0n) is 15.5. The smallest absolute Gasteiger partial charge is 0.191 e. The molecule has 0 aliphatic heterocycles. The second-order valence-corrected chi connectivity index (χ2v) is 8.04. The van der Waals surface area contributed by atoms with Gasteiger partial charge in [0.2, 0.25) is 0 Å². The molecule has 25 heavy (non-hydrogen) atoms. The third-order valence-electron chi connectivity index (χ3n) is 4.09. The fourth-order valence-electron chi connectivity index (χ4n) is 2.45. The molecule has 5 nitrogen and oxygen atoms in total. The highest BCUT2D eigenvalue weighted by Crippen LogP contribution is 2.11. The van der Waals surface area contributed by atoms with Crippen LogP contribution >= 0.6 is 24.0 Å². The maximum absolute atomic E-state index is 12.2. The minimum Gasteiger partial charge on any atom is -0.356 e. The number of benzene rings is 1. The summed E-state index contributed by atoms with van der Waals surface area (Å²) in [4.78, 5) is 4.53. The zero-order valence-corrected chi connectivity index (χ0v) is 18.6. The van der Waals surface area contributed by atoms with Crippen molar-refractivity contribution in [2.24, 2.45) is 10.9 Å². The van der Waals surface area contributed by atoms with Gasteiger partial charge in [0.15, 0.2) is 15.8 Å². The SMILES string of the molecule is CCCCC(CC)CNC(=NC)NCCS(=O)(=O)c1ccccc1.I. The quantitative estimate of drug-likeness (QED) is 0.305. The third-order valence-corrected chi connectivity index (χ3v) is 5.82. The molecular formula is C18H32IN3O2S. The third kappa shape index (κ3) is 9.44. The fraction of sp³-hybridized carbons (Fsp3) is 0.611. The van der Waals surface area contributed by atoms with Gasteiger partial charge in [0.25, 0.3) is 0 Å². The molecule has 1 rings (SSSR count). The number of nitrogens with one attached hydrogen (secondary N) is 2. The van der Waals surface area contributed by atoms with Gasteiger partial charge < -0.3 is 10.6 Å². The molecule has 1 aromatic carbocycles. The van der Waals surface area contributed by atoms with E-state index in [1.165, 1.54) is 19.3 Å². The lowest BCUT2D eigenvalue weighted by atomic mass is 9.99. The van der Waals surface area contributed by atoms with Crippen LogP contribution in [0.5, 0.6) is 0 Å². The van der Waals surface area contributed by atoms with Crippen molar-refractivity contribution < 1.29 is 8.42 Å². The van der Waals surface area contributed by atoms with Crippen molar-refractivity contribution in [2.45, 2.75) is 44.4 Å². The molecule has 144 valence electrons. The standard InChI is InChI=1S/C18H31N3O2S.HI/c1-4-6-10-16(5-2)15-21-18(19-3)20-13-14-24(22,23)17-11-8-7-9-12-17;/h7-9,11-12,16H,4-6,10,13-15H2,1-3H3,(H2,19,20,21);1H. The number of guanidine groups is 1. The number of hydrogen-bond donors (Lipinski definition) is 2. The Hall–Kier alpha value is -0.830. The van der Waals surface area contributed by atoms with Crippen LogP contribution in [-0.2, 0) is 9.84 Å². The fourth-order valence-corrected chi connectivity index (χ4v) is 3.63. The normalized spacial score (nSPS) is 13.0. The van der Waals surface area contributed by atoms with E-state index in [9.17, 15) is 8.42 Å². The lowest BCUT2D eigenvalue weighted by molar-refractivity contribution is 0.444. The van der Waals surface area contributed by atoms with Crippen LogP contribution in [0.2, 0.25) is 0 Å². The van der Waals surface area contributed by atoms with Gasteiger partial charge in [0.05, 0.1) is 10.6 Å². The van der Waals surface area contributed by atoms with E-state index < -0.39 is 9.84 Å². The number of unbranched alkanes of at least 4 members (excludes halogenated alkanes) is 1. The second-order valence-electron chi connectivity index (χ2n) is 5.93. The van der Waals surface area contributed by atoms with Crippen LogP contribution < -0.4 is 10.6 Å². The van der Waals surface area contributed by atoms with Crippen LogP contribution in [-0.4, -0.2) is 40.3 Å². The summed E-state index contributed by atoms with van der Waals surface area (Å²) in [6.07, 6.45) is 4.79. The Labute approximate surface area is 170 Å². The summed E-state index contributed by atoms with van der Waals surface area (Å²) in [6.45, 7) is 5.60. The lowest BCUT2D eigenvalue weighted by Crippen LogP contribution is -2.41. The molecule has 0 spiro atoms. The average Bonchev–Trinajstić information content (AvgIpc) is 2.60. The molecule has 1 unspecified atom stereocenters. The number of nitrogens with zero attached hydrogens (tertiary/aromatic N) is 1. The minimum atomic E-state index is -3.26. The van der Waals surface area contributed by atoms with E-state index in [0.717, 1.165) is 13.0 Å². The van der Waals surface area contributed by atoms with Gasteiger partial charge >= 0.3 is 0 Å². The molecule has 0 saturated heterocycles. The topological polar surface area (TPSA) is 70.6 Å². The van der Waals surface area contributed by atoms with Crippen molar-refractivity contribution in [2.75, 3.05) is 25.9 Å². The van der Waals surface area contributed by atoms with Crippen molar-refractivity contribution in [1.82, 2.24) is 10.6 Å². The molecule has 0 fully saturated rings. The lowest BCUT2D eigenvalue weighted by Gasteiger charge is -2.18. The minimum absolute atomic E-state index is 0. The molecule has 1 atom stereocenters. The van der Waals surface area contributed by atoms with Gasteiger partial charge in [-0.3, -0.25) is 4.99 Å². The first-order valence-corrected chi connectivity index (χ1v) is 10.4. The molecule has 7 heteroatoms. The average molecular weight is 481 g/mol. The summed E-state index contributed by atoms with van der Waals surface area (Å²) in [5.41, 5.74) is 0. The molecule has 0 saturated carbocycles. The van der Waals surface area contributed by atoms with E-state index in [1.807, 2.05) is 6.07 Å². The highest BCUT2D eigenvalue weighted by Gasteiger charge is 2.14. The van der Waals surface area contributed by atoms with E-state index in [1.54, 1.807) is 31.3 Å². The predicted octanol–water partition coefficient (Wildman–Crippen LogP) is 3.46. The van der Waals surface area contributed by atoms with Gasteiger partial charge in [-0.2, -0.15) is 0 Å². The highest BCUT2D eigenvalue weighted by atomic mass is 127. The first kappa shape index (κ1) is 24.2. The largest absolute Gasteiger partial charge is 0.356 e. The Morgan fingerprint density at radius 3 is 2.40 bits per heavy atom. The van der Waals surface area contributed by atoms with Gasteiger partial charge in [-0.1, -0.05) is 51.3 Å². The monoisotopic (exact) mass is 481 g/mol. The van der Waals surface area contributed by atoms with E-state index in [2.05, 4.69) is 29.5 Å². The van der Waals surface area contributed by atoms with Crippen LogP contribution in [0.3, 0.4) is 0 Å². The first-order valence-electron chi connectivity index (χ1n) is 8.75. The summed E-state index contributed by atoms with van der Waals surface area (Å²) in [5.74, 6) is 1.33. The Kier molecular flexibility index (Phi) is 12.9. The Bertz CT molecular complexity index is 592. The van der Waals surface area contributed by atoms with E-state index in [4.69, 9.17) is 0 Å². The Morgan fingerprint density at radius 2 is 1.84 bits per heavy atom. The molecule has 1 aromatic rings. The second kappa shape index (κ2) is 13.4. The summed E-state index contributed by atoms with van der Waals surface area (Å²) in [5, 5.41) is 6.39. The molecule has 0 radical (unpaired) electrons. The summed E-state index contributed by atoms with van der Waals surface area (Å²) < 4.78 is 24.5. The van der Waals surface area contributed by atoms with Crippen molar-refractivity contribution in [3.05, 3.63) is 30.3 Å². The summed E-state index contributed by atoms with van der Waals surface area (Å²) >= 11 is 0. The first-order chi connectivity index (χ1) is 11.5. The van der Waals surface area contributed by atoms with E-state index in [0.29, 0.717) is 23.3 Å². The zero-order chi connectivity index (χ0) is 17.8. The number of rotatable bonds is 10. The van der Waals surface area contributed by atoms with E-state index >= 15 is 0 Å². The number of halogens is 1. The molecule has 0 aliphatic carbocycles. The van der Waals surface area contributed by atoms with Gasteiger partial charge in [0, 0.05) is 20.1 Å². The van der Waals surface area contributed by atoms with Crippen molar-refractivity contribution in [3.63, 3.8) is 0 Å². The van der Waals surface area contributed by atoms with Crippen LogP contribution in [0.4, 0.5) is 0 Å². The highest BCUT2D eigenvalue weighted by molar-refractivity contribution is 14.0. The number of aliphatic imine (C=N–C) groups is 1. The van der Waals surface area contributed by atoms with Crippen LogP contribution in [0.1, 0.15) is 39.5 Å². The molecule has 0 heterocycles. The van der Waals surface area contributed by atoms with Gasteiger partial charge in [0.1, 0.15) is 0 Å². The van der Waals surface area contributed by atoms with Gasteiger partial charge in [-0.25, -0.2) is 8.42 Å². The maximum atomic E-state index is 12.2. The van der Waals surface area contributed by atoms with Crippen LogP contribution in [0.25, 0.3) is 0 Å². The van der Waals surface area contributed by atoms with Crippen molar-refractivity contribution in [1.29, 1.82) is 0 Å². The summed E-state index contributed by atoms with van der Waals surface area (Å²) in [7, 11) is -1.55. The van der Waals surface area contributed by atoms with Gasteiger partial charge in [-0.05, 0) is 24.5 Å². The molecule has 0 aromatic heterocycles. The number of hydrogen-bond acceptors (Lipinski definition) is 3. The predicted molar refractivity (Wildman–Crippen MR) is 117 cm³/mol. The van der Waals surface area contributed by atoms with Crippen molar-refractivity contribution in [3.8, 4) is 0 Å². The molecule has 0 amide bonds. The molecule has 0 bridgehead atoms. The Morgan fingerprint density at radius 1 is 1.16 bits per heavy atom. The molecule has 2 N–H and O–H groups in total. The van der Waals surface area contributed by atoms with Crippen LogP contribution in [0, 0.1) is 5.92 Å². The van der Waals surface area contributed by atoms with Gasteiger partial charge in [-0.15, -0.1) is 24.0 Å².